The molecule has 4 N–H and O–H groups in total. The van der Waals surface area contributed by atoms with Gasteiger partial charge >= 0.3 is 17.1 Å². The topological polar surface area (TPSA) is 181 Å². The SMILES string of the molecule is NC1[N-]C(C2CCCC[N-]2)CC2CCCCC21.O=[N+]([O-])O.O=[N+]([O-])O.[Cu+2]. The molecule has 5 unspecified atom stereocenters. The minimum absolute atomic E-state index is 0. The Labute approximate surface area is 162 Å². The molecule has 0 amide bonds. The van der Waals surface area contributed by atoms with Crippen LogP contribution in [0.4, 0.5) is 0 Å². The monoisotopic (exact) mass is 424 g/mol. The normalized spacial score (nSPS) is 32.9. The molecular formula is C14H27CuN5O6. The smallest absolute Gasteiger partial charge is 0.661 e. The molecule has 155 valence electrons. The van der Waals surface area contributed by atoms with Gasteiger partial charge in [0, 0.05) is 0 Å². The van der Waals surface area contributed by atoms with E-state index in [0.29, 0.717) is 18.0 Å². The molecule has 1 saturated carbocycles. The van der Waals surface area contributed by atoms with Crippen molar-refractivity contribution < 1.29 is 37.7 Å². The van der Waals surface area contributed by atoms with Crippen LogP contribution in [0.3, 0.4) is 0 Å². The van der Waals surface area contributed by atoms with E-state index in [0.717, 1.165) is 12.5 Å². The summed E-state index contributed by atoms with van der Waals surface area (Å²) in [5, 5.41) is 36.9. The van der Waals surface area contributed by atoms with E-state index in [2.05, 4.69) is 0 Å². The maximum atomic E-state index is 8.36. The summed E-state index contributed by atoms with van der Waals surface area (Å²) >= 11 is 0. The van der Waals surface area contributed by atoms with Gasteiger partial charge in [-0.2, -0.15) is 12.1 Å². The summed E-state index contributed by atoms with van der Waals surface area (Å²) in [6.07, 6.45) is 10.7. The molecule has 2 saturated heterocycles. The van der Waals surface area contributed by atoms with Crippen LogP contribution in [-0.4, -0.2) is 45.4 Å². The van der Waals surface area contributed by atoms with Gasteiger partial charge in [-0.25, -0.2) is 0 Å². The van der Waals surface area contributed by atoms with Gasteiger partial charge in [-0.15, -0.1) is 26.8 Å². The zero-order valence-electron chi connectivity index (χ0n) is 14.4. The van der Waals surface area contributed by atoms with E-state index in [1.54, 1.807) is 0 Å². The maximum absolute atomic E-state index is 8.36. The number of nitrogens with two attached hydrogens (primary N) is 1. The van der Waals surface area contributed by atoms with Crippen molar-refractivity contribution in [2.75, 3.05) is 6.54 Å². The van der Waals surface area contributed by atoms with Crippen LogP contribution in [0.2, 0.25) is 0 Å². The van der Waals surface area contributed by atoms with Crippen LogP contribution >= 0.6 is 0 Å². The van der Waals surface area contributed by atoms with Crippen LogP contribution in [-0.2, 0) is 17.1 Å². The summed E-state index contributed by atoms with van der Waals surface area (Å²) in [6, 6.07) is 0.947. The molecule has 3 fully saturated rings. The van der Waals surface area contributed by atoms with Gasteiger partial charge in [-0.1, -0.05) is 57.5 Å². The number of rotatable bonds is 1. The Balaban J connectivity index is 0.000000596. The van der Waals surface area contributed by atoms with Crippen molar-refractivity contribution in [3.05, 3.63) is 30.9 Å². The van der Waals surface area contributed by atoms with Crippen LogP contribution in [0.5, 0.6) is 0 Å². The molecule has 3 aliphatic rings. The molecule has 1 radical (unpaired) electrons. The van der Waals surface area contributed by atoms with E-state index in [1.807, 2.05) is 0 Å². The first-order chi connectivity index (χ1) is 11.8. The first-order valence-corrected chi connectivity index (χ1v) is 8.60. The molecule has 0 bridgehead atoms. The fraction of sp³-hybridized carbons (Fsp3) is 1.00. The molecule has 0 aromatic carbocycles. The van der Waals surface area contributed by atoms with Gasteiger partial charge in [0.2, 0.25) is 0 Å². The predicted octanol–water partition coefficient (Wildman–Crippen LogP) is 2.45. The summed E-state index contributed by atoms with van der Waals surface area (Å²) in [5.74, 6) is 1.53. The Hall–Kier alpha value is -1.20. The molecule has 12 heteroatoms. The number of hydrogen-bond acceptors (Lipinski definition) is 5. The van der Waals surface area contributed by atoms with Crippen molar-refractivity contribution in [1.29, 1.82) is 0 Å². The Morgan fingerprint density at radius 1 is 0.923 bits per heavy atom. The summed E-state index contributed by atoms with van der Waals surface area (Å²) in [5.41, 5.74) is 6.28. The van der Waals surface area contributed by atoms with E-state index < -0.39 is 10.2 Å². The second-order valence-electron chi connectivity index (χ2n) is 6.60. The Morgan fingerprint density at radius 2 is 1.46 bits per heavy atom. The van der Waals surface area contributed by atoms with Crippen molar-refractivity contribution in [1.82, 2.24) is 0 Å². The summed E-state index contributed by atoms with van der Waals surface area (Å²) in [4.78, 5) is 16.7. The molecule has 11 nitrogen and oxygen atoms in total. The van der Waals surface area contributed by atoms with E-state index in [9.17, 15) is 0 Å². The zero-order valence-corrected chi connectivity index (χ0v) is 15.4. The van der Waals surface area contributed by atoms with Gasteiger partial charge in [-0.3, -0.25) is 0 Å². The van der Waals surface area contributed by atoms with E-state index in [1.165, 1.54) is 51.4 Å². The van der Waals surface area contributed by atoms with Crippen molar-refractivity contribution in [2.45, 2.75) is 69.6 Å². The van der Waals surface area contributed by atoms with Gasteiger partial charge in [-0.05, 0) is 11.8 Å². The van der Waals surface area contributed by atoms with E-state index in [-0.39, 0.29) is 23.2 Å². The van der Waals surface area contributed by atoms with Crippen LogP contribution in [0.15, 0.2) is 0 Å². The zero-order chi connectivity index (χ0) is 18.8. The fourth-order valence-corrected chi connectivity index (χ4v) is 4.07. The van der Waals surface area contributed by atoms with Gasteiger partial charge in [0.1, 0.15) is 0 Å². The Morgan fingerprint density at radius 3 is 2.00 bits per heavy atom. The maximum Gasteiger partial charge on any atom is 2.00 e. The van der Waals surface area contributed by atoms with Crippen LogP contribution in [0.1, 0.15) is 51.4 Å². The second kappa shape index (κ2) is 13.0. The molecular weight excluding hydrogens is 398 g/mol. The third-order valence-corrected chi connectivity index (χ3v) is 5.03. The van der Waals surface area contributed by atoms with Crippen LogP contribution in [0, 0.1) is 32.1 Å². The quantitative estimate of drug-likeness (QED) is 0.328. The minimum Gasteiger partial charge on any atom is -0.661 e. The molecule has 5 atom stereocenters. The summed E-state index contributed by atoms with van der Waals surface area (Å²) in [6.45, 7) is 1.06. The van der Waals surface area contributed by atoms with Gasteiger partial charge in [0.05, 0.1) is 0 Å². The number of fused-ring (bicyclic) bond motifs is 1. The van der Waals surface area contributed by atoms with Crippen molar-refractivity contribution in [3.8, 4) is 0 Å². The number of piperidine rings is 2. The Kier molecular flexibility index (Phi) is 12.4. The van der Waals surface area contributed by atoms with E-state index >= 15 is 0 Å². The van der Waals surface area contributed by atoms with Crippen molar-refractivity contribution in [2.24, 2.45) is 17.6 Å². The van der Waals surface area contributed by atoms with Gasteiger partial charge < -0.3 is 26.8 Å². The molecule has 0 aromatic heterocycles. The van der Waals surface area contributed by atoms with Crippen molar-refractivity contribution >= 4 is 0 Å². The molecule has 2 aliphatic heterocycles. The second-order valence-corrected chi connectivity index (χ2v) is 6.60. The molecule has 1 aliphatic carbocycles. The average Bonchev–Trinajstić information content (AvgIpc) is 2.55. The molecule has 0 aromatic rings. The third-order valence-electron chi connectivity index (χ3n) is 5.03. The largest absolute Gasteiger partial charge is 2.00 e. The minimum atomic E-state index is -1.50. The van der Waals surface area contributed by atoms with Crippen molar-refractivity contribution in [3.63, 3.8) is 0 Å². The molecule has 2 heterocycles. The van der Waals surface area contributed by atoms with Crippen LogP contribution < -0.4 is 5.73 Å². The summed E-state index contributed by atoms with van der Waals surface area (Å²) < 4.78 is 0. The fourth-order valence-electron chi connectivity index (χ4n) is 4.07. The standard InChI is InChI=1S/C14H25N3.Cu.2HNO3/c15-14-11-6-2-1-5-10(11)9-13(17-14)12-7-3-4-8-16-12;;2*2-1(3)4/h10-14H,1-9,15H2;;2*(H,2,3,4)/q-2;+2;;. The average molecular weight is 425 g/mol. The first kappa shape index (κ1) is 24.8. The Bertz CT molecular complexity index is 407. The van der Waals surface area contributed by atoms with E-state index in [4.69, 9.17) is 47.0 Å². The first-order valence-electron chi connectivity index (χ1n) is 8.60. The molecule has 0 spiro atoms. The number of nitrogens with zero attached hydrogens (tertiary/aromatic N) is 4. The predicted molar refractivity (Wildman–Crippen MR) is 88.6 cm³/mol. The van der Waals surface area contributed by atoms with Crippen LogP contribution in [0.25, 0.3) is 10.6 Å². The molecule has 26 heavy (non-hydrogen) atoms. The third kappa shape index (κ3) is 9.48. The van der Waals surface area contributed by atoms with Gasteiger partial charge in [0.25, 0.3) is 10.2 Å². The number of hydrogen-bond donors (Lipinski definition) is 3. The molecule has 3 rings (SSSR count). The summed E-state index contributed by atoms with van der Waals surface area (Å²) in [7, 11) is 0. The van der Waals surface area contributed by atoms with Gasteiger partial charge in [0.15, 0.2) is 0 Å².